The molecule has 0 aromatic heterocycles. The fourth-order valence-corrected chi connectivity index (χ4v) is 2.87. The van der Waals surface area contributed by atoms with Crippen LogP contribution in [0.1, 0.15) is 23.2 Å². The average molecular weight is 316 g/mol. The van der Waals surface area contributed by atoms with Gasteiger partial charge in [-0.1, -0.05) is 6.07 Å². The Labute approximate surface area is 135 Å². The van der Waals surface area contributed by atoms with Gasteiger partial charge < -0.3 is 19.1 Å². The molecule has 6 nitrogen and oxygen atoms in total. The largest absolute Gasteiger partial charge is 0.488 e. The number of hydrogen-bond donors (Lipinski definition) is 0. The highest BCUT2D eigenvalue weighted by molar-refractivity contribution is 5.95. The predicted octanol–water partition coefficient (Wildman–Crippen LogP) is 2.39. The first-order chi connectivity index (χ1) is 11.3. The van der Waals surface area contributed by atoms with E-state index >= 15 is 0 Å². The number of rotatable bonds is 4. The van der Waals surface area contributed by atoms with E-state index in [9.17, 15) is 4.79 Å². The Morgan fingerprint density at radius 2 is 2.26 bits per heavy atom. The molecule has 0 unspecified atom stereocenters. The van der Waals surface area contributed by atoms with Crippen molar-refractivity contribution in [2.45, 2.75) is 18.9 Å². The number of para-hydroxylation sites is 1. The molecule has 0 aliphatic carbocycles. The van der Waals surface area contributed by atoms with E-state index in [4.69, 9.17) is 14.2 Å². The second-order valence-corrected chi connectivity index (χ2v) is 5.39. The lowest BCUT2D eigenvalue weighted by Gasteiger charge is -2.39. The Bertz CT molecular complexity index is 654. The van der Waals surface area contributed by atoms with Crippen molar-refractivity contribution in [3.05, 3.63) is 35.7 Å². The number of benzene rings is 1. The van der Waals surface area contributed by atoms with Crippen LogP contribution < -0.4 is 9.64 Å². The molecule has 0 saturated heterocycles. The van der Waals surface area contributed by atoms with Crippen molar-refractivity contribution in [2.24, 2.45) is 4.99 Å². The van der Waals surface area contributed by atoms with E-state index in [0.29, 0.717) is 24.5 Å². The zero-order valence-electron chi connectivity index (χ0n) is 13.3. The van der Waals surface area contributed by atoms with Gasteiger partial charge in [0.15, 0.2) is 5.75 Å². The van der Waals surface area contributed by atoms with E-state index in [1.165, 1.54) is 7.11 Å². The zero-order valence-corrected chi connectivity index (χ0v) is 13.3. The van der Waals surface area contributed by atoms with Crippen molar-refractivity contribution in [3.8, 4) is 5.75 Å². The predicted molar refractivity (Wildman–Crippen MR) is 87.2 cm³/mol. The van der Waals surface area contributed by atoms with Crippen LogP contribution in [0.25, 0.3) is 0 Å². The molecule has 2 heterocycles. The molecule has 122 valence electrons. The maximum Gasteiger partial charge on any atom is 0.341 e. The summed E-state index contributed by atoms with van der Waals surface area (Å²) in [5.41, 5.74) is 1.23. The number of esters is 1. The Kier molecular flexibility index (Phi) is 4.62. The van der Waals surface area contributed by atoms with E-state index < -0.39 is 5.97 Å². The van der Waals surface area contributed by atoms with Crippen molar-refractivity contribution in [2.75, 3.05) is 32.3 Å². The van der Waals surface area contributed by atoms with Gasteiger partial charge in [0, 0.05) is 13.3 Å². The lowest BCUT2D eigenvalue weighted by atomic mass is 10.1. The Hall–Kier alpha value is -2.34. The lowest BCUT2D eigenvalue weighted by molar-refractivity contribution is 0.0593. The number of methoxy groups -OCH3 is 2. The smallest absolute Gasteiger partial charge is 0.341 e. The topological polar surface area (TPSA) is 60.4 Å². The van der Waals surface area contributed by atoms with Crippen molar-refractivity contribution < 1.29 is 19.0 Å². The minimum atomic E-state index is -0.409. The highest BCUT2D eigenvalue weighted by Crippen LogP contribution is 2.40. The molecule has 0 bridgehead atoms. The summed E-state index contributed by atoms with van der Waals surface area (Å²) in [6, 6.07) is 5.46. The van der Waals surface area contributed by atoms with E-state index in [-0.39, 0.29) is 6.04 Å². The van der Waals surface area contributed by atoms with Gasteiger partial charge in [-0.25, -0.2) is 9.79 Å². The van der Waals surface area contributed by atoms with Gasteiger partial charge in [0.25, 0.3) is 0 Å². The number of anilines is 1. The van der Waals surface area contributed by atoms with Crippen molar-refractivity contribution in [1.82, 2.24) is 0 Å². The molecular formula is C17H20N2O4. The van der Waals surface area contributed by atoms with Gasteiger partial charge in [0.05, 0.1) is 25.4 Å². The highest BCUT2D eigenvalue weighted by Gasteiger charge is 2.33. The average Bonchev–Trinajstić information content (AvgIpc) is 2.61. The third-order valence-corrected chi connectivity index (χ3v) is 3.90. The first-order valence-corrected chi connectivity index (χ1v) is 7.61. The van der Waals surface area contributed by atoms with Crippen LogP contribution in [-0.4, -0.2) is 45.7 Å². The Morgan fingerprint density at radius 3 is 2.96 bits per heavy atom. The maximum absolute atomic E-state index is 12.0. The molecule has 0 amide bonds. The minimum Gasteiger partial charge on any atom is -0.488 e. The van der Waals surface area contributed by atoms with Gasteiger partial charge in [-0.15, -0.1) is 0 Å². The first kappa shape index (κ1) is 15.6. The number of nitrogens with zero attached hydrogens (tertiary/aromatic N) is 2. The first-order valence-electron chi connectivity index (χ1n) is 7.61. The van der Waals surface area contributed by atoms with Gasteiger partial charge in [0.1, 0.15) is 18.0 Å². The molecule has 0 radical (unpaired) electrons. The highest BCUT2D eigenvalue weighted by atomic mass is 16.5. The number of carbonyl (C=O) groups is 1. The number of hydrogen-bond acceptors (Lipinski definition) is 6. The molecule has 1 aromatic rings. The molecule has 2 aliphatic heterocycles. The second kappa shape index (κ2) is 6.83. The molecule has 3 rings (SSSR count). The number of aliphatic imine (C=N–C) groups is 1. The molecule has 0 spiro atoms. The molecule has 2 aliphatic rings. The van der Waals surface area contributed by atoms with Gasteiger partial charge in [-0.2, -0.15) is 0 Å². The fraction of sp³-hybridized carbons (Fsp3) is 0.412. The van der Waals surface area contributed by atoms with Crippen molar-refractivity contribution in [3.63, 3.8) is 0 Å². The molecule has 1 aromatic carbocycles. The summed E-state index contributed by atoms with van der Waals surface area (Å²) in [6.45, 7) is 0.927. The summed E-state index contributed by atoms with van der Waals surface area (Å²) in [5, 5.41) is 0. The van der Waals surface area contributed by atoms with E-state index in [1.807, 2.05) is 18.3 Å². The normalized spacial score (nSPS) is 19.7. The molecule has 1 atom stereocenters. The molecule has 23 heavy (non-hydrogen) atoms. The number of carbonyl (C=O) groups excluding carboxylic acids is 1. The van der Waals surface area contributed by atoms with Crippen LogP contribution >= 0.6 is 0 Å². The van der Waals surface area contributed by atoms with Crippen LogP contribution in [0.5, 0.6) is 5.75 Å². The van der Waals surface area contributed by atoms with E-state index in [1.54, 1.807) is 13.2 Å². The van der Waals surface area contributed by atoms with Crippen LogP contribution in [-0.2, 0) is 9.47 Å². The third kappa shape index (κ3) is 2.94. The molecule has 6 heteroatoms. The lowest BCUT2D eigenvalue weighted by Crippen LogP contribution is -2.45. The summed E-state index contributed by atoms with van der Waals surface area (Å²) in [4.78, 5) is 18.6. The van der Waals surface area contributed by atoms with Crippen LogP contribution in [0.4, 0.5) is 5.69 Å². The Balaban J connectivity index is 2.06. The second-order valence-electron chi connectivity index (χ2n) is 5.39. The number of ether oxygens (including phenoxy) is 3. The van der Waals surface area contributed by atoms with Gasteiger partial charge >= 0.3 is 5.97 Å². The summed E-state index contributed by atoms with van der Waals surface area (Å²) in [6.07, 6.45) is 5.90. The number of allylic oxidation sites excluding steroid dienone is 1. The minimum absolute atomic E-state index is 0.00176. The third-order valence-electron chi connectivity index (χ3n) is 3.90. The Morgan fingerprint density at radius 1 is 1.39 bits per heavy atom. The van der Waals surface area contributed by atoms with Crippen molar-refractivity contribution >= 4 is 17.9 Å². The molecule has 0 saturated carbocycles. The maximum atomic E-state index is 12.0. The fourth-order valence-electron chi connectivity index (χ4n) is 2.87. The van der Waals surface area contributed by atoms with E-state index in [0.717, 1.165) is 24.4 Å². The SMILES string of the molecule is COC[C@H]1COc2c(C(=O)OC)cccc2N1C1=CCCC=N1. The van der Waals surface area contributed by atoms with Gasteiger partial charge in [-0.05, 0) is 31.1 Å². The quantitative estimate of drug-likeness (QED) is 0.798. The van der Waals surface area contributed by atoms with Gasteiger partial charge in [0.2, 0.25) is 0 Å². The monoisotopic (exact) mass is 316 g/mol. The van der Waals surface area contributed by atoms with E-state index in [2.05, 4.69) is 16.0 Å². The summed E-state index contributed by atoms with van der Waals surface area (Å²) in [5.74, 6) is 0.992. The van der Waals surface area contributed by atoms with Crippen LogP contribution in [0, 0.1) is 0 Å². The van der Waals surface area contributed by atoms with Crippen LogP contribution in [0.3, 0.4) is 0 Å². The standard InChI is InChI=1S/C17H20N2O4/c1-21-10-12-11-23-16-13(17(20)22-2)6-5-7-14(16)19(12)15-8-3-4-9-18-15/h5-9,12H,3-4,10-11H2,1-2H3/t12-/m0/s1. The molecule has 0 fully saturated rings. The zero-order chi connectivity index (χ0) is 16.2. The van der Waals surface area contributed by atoms with Crippen LogP contribution in [0.15, 0.2) is 35.1 Å². The van der Waals surface area contributed by atoms with Crippen molar-refractivity contribution in [1.29, 1.82) is 0 Å². The summed E-state index contributed by atoms with van der Waals surface area (Å²) < 4.78 is 16.0. The summed E-state index contributed by atoms with van der Waals surface area (Å²) >= 11 is 0. The van der Waals surface area contributed by atoms with Crippen LogP contribution in [0.2, 0.25) is 0 Å². The molecular weight excluding hydrogens is 296 g/mol. The number of fused-ring (bicyclic) bond motifs is 1. The van der Waals surface area contributed by atoms with Gasteiger partial charge in [-0.3, -0.25) is 0 Å². The summed E-state index contributed by atoms with van der Waals surface area (Å²) in [7, 11) is 3.03. The molecule has 0 N–H and O–H groups in total.